The van der Waals surface area contributed by atoms with Gasteiger partial charge in [-0.05, 0) is 56.7 Å². The van der Waals surface area contributed by atoms with E-state index < -0.39 is 17.2 Å². The number of aromatic nitrogens is 1. The maximum Gasteiger partial charge on any atom is 0.414 e. The molecule has 1 aliphatic carbocycles. The molecule has 33 heavy (non-hydrogen) atoms. The molecule has 2 unspecified atom stereocenters. The fourth-order valence-electron chi connectivity index (χ4n) is 4.97. The summed E-state index contributed by atoms with van der Waals surface area (Å²) >= 11 is 1.31. The molecular formula is C23H30F3N5OS. The number of nitrogen functional groups attached to an aromatic ring is 1. The number of halogens is 3. The van der Waals surface area contributed by atoms with Crippen molar-refractivity contribution in [1.82, 2.24) is 20.5 Å². The van der Waals surface area contributed by atoms with Gasteiger partial charge in [-0.15, -0.1) is 11.3 Å². The normalized spacial score (nSPS) is 27.7. The Bertz CT molecular complexity index is 954. The zero-order chi connectivity index (χ0) is 23.5. The van der Waals surface area contributed by atoms with Crippen LogP contribution in [0.3, 0.4) is 0 Å². The van der Waals surface area contributed by atoms with Crippen molar-refractivity contribution in [2.75, 3.05) is 31.9 Å². The van der Waals surface area contributed by atoms with Gasteiger partial charge in [0.25, 0.3) is 0 Å². The quantitative estimate of drug-likeness (QED) is 0.560. The number of hydrogen-bond donors (Lipinski definition) is 3. The van der Waals surface area contributed by atoms with Crippen LogP contribution in [0.1, 0.15) is 44.2 Å². The molecule has 6 nitrogen and oxygen atoms in total. The Morgan fingerprint density at radius 3 is 2.97 bits per heavy atom. The number of alkyl halides is 3. The number of nitrogens with zero attached hydrogens (tertiary/aromatic N) is 2. The molecule has 0 bridgehead atoms. The Balaban J connectivity index is 1.50. The summed E-state index contributed by atoms with van der Waals surface area (Å²) in [4.78, 5) is 20.4. The SMILES string of the molecule is Nc1nc(C2(C(=O)NCC3=CNCC(C(F)(F)F)=C3)CCC(N3C/C=C\CCCC3)C2)cs1. The monoisotopic (exact) mass is 481 g/mol. The molecule has 10 heteroatoms. The standard InChI is InChI=1S/C23H30F3N5OS/c24-23(25,26)17-10-16(12-28-14-17)13-29-20(32)22(19-15-33-21(27)30-19)7-6-18(11-22)31-8-4-2-1-3-5-9-31/h2,4,10,12,15,18,28H,1,3,5-9,11,13-14H2,(H2,27,30)(H,29,32)/b4-2-. The fraction of sp³-hybridized carbons (Fsp3) is 0.565. The molecule has 3 heterocycles. The van der Waals surface area contributed by atoms with Crippen molar-refractivity contribution in [3.63, 3.8) is 0 Å². The Kier molecular flexibility index (Phi) is 7.13. The van der Waals surface area contributed by atoms with Crippen molar-refractivity contribution in [2.45, 2.75) is 56.2 Å². The summed E-state index contributed by atoms with van der Waals surface area (Å²) in [6.45, 7) is 1.61. The summed E-state index contributed by atoms with van der Waals surface area (Å²) in [5.74, 6) is -0.202. The Morgan fingerprint density at radius 1 is 1.36 bits per heavy atom. The molecule has 2 atom stereocenters. The van der Waals surface area contributed by atoms with Crippen LogP contribution in [0.25, 0.3) is 0 Å². The summed E-state index contributed by atoms with van der Waals surface area (Å²) < 4.78 is 39.2. The van der Waals surface area contributed by atoms with E-state index in [-0.39, 0.29) is 25.0 Å². The van der Waals surface area contributed by atoms with Crippen LogP contribution < -0.4 is 16.4 Å². The van der Waals surface area contributed by atoms with Crippen LogP contribution in [0.4, 0.5) is 18.3 Å². The number of carbonyl (C=O) groups excluding carboxylic acids is 1. The molecule has 1 saturated carbocycles. The van der Waals surface area contributed by atoms with Crippen molar-refractivity contribution in [2.24, 2.45) is 0 Å². The molecule has 4 N–H and O–H groups in total. The van der Waals surface area contributed by atoms with Crippen LogP contribution in [0, 0.1) is 0 Å². The van der Waals surface area contributed by atoms with Crippen LogP contribution in [-0.2, 0) is 10.2 Å². The van der Waals surface area contributed by atoms with Crippen molar-refractivity contribution in [3.8, 4) is 0 Å². The maximum atomic E-state index is 13.5. The zero-order valence-electron chi connectivity index (χ0n) is 18.5. The summed E-state index contributed by atoms with van der Waals surface area (Å²) in [5, 5.41) is 7.79. The van der Waals surface area contributed by atoms with Crippen LogP contribution in [-0.4, -0.2) is 54.2 Å². The first-order valence-corrected chi connectivity index (χ1v) is 12.2. The summed E-state index contributed by atoms with van der Waals surface area (Å²) in [6, 6.07) is 0.244. The van der Waals surface area contributed by atoms with Crippen LogP contribution in [0.5, 0.6) is 0 Å². The van der Waals surface area contributed by atoms with E-state index in [1.807, 2.05) is 5.38 Å². The molecule has 1 aromatic rings. The molecule has 0 spiro atoms. The predicted molar refractivity (Wildman–Crippen MR) is 124 cm³/mol. The number of thiazole rings is 1. The number of amides is 1. The van der Waals surface area contributed by atoms with Gasteiger partial charge in [0.1, 0.15) is 0 Å². The minimum absolute atomic E-state index is 0.0178. The topological polar surface area (TPSA) is 83.3 Å². The van der Waals surface area contributed by atoms with Gasteiger partial charge in [0.05, 0.1) is 16.7 Å². The first-order chi connectivity index (χ1) is 15.8. The lowest BCUT2D eigenvalue weighted by molar-refractivity contribution is -0.126. The van der Waals surface area contributed by atoms with E-state index in [9.17, 15) is 18.0 Å². The van der Waals surface area contributed by atoms with E-state index in [4.69, 9.17) is 5.73 Å². The Hall–Kier alpha value is -2.33. The third-order valence-electron chi connectivity index (χ3n) is 6.78. The molecule has 3 aliphatic rings. The smallest absolute Gasteiger partial charge is 0.387 e. The second kappa shape index (κ2) is 9.89. The molecule has 1 aromatic heterocycles. The van der Waals surface area contributed by atoms with E-state index in [2.05, 4.69) is 32.7 Å². The molecular weight excluding hydrogens is 451 g/mol. The van der Waals surface area contributed by atoms with Crippen molar-refractivity contribution in [3.05, 3.63) is 46.6 Å². The third-order valence-corrected chi connectivity index (χ3v) is 7.46. The number of hydrogen-bond acceptors (Lipinski definition) is 6. The molecule has 2 aliphatic heterocycles. The van der Waals surface area contributed by atoms with Gasteiger partial charge >= 0.3 is 6.18 Å². The molecule has 0 radical (unpaired) electrons. The largest absolute Gasteiger partial charge is 0.414 e. The van der Waals surface area contributed by atoms with Crippen molar-refractivity contribution in [1.29, 1.82) is 0 Å². The number of rotatable bonds is 5. The second-order valence-corrected chi connectivity index (χ2v) is 9.85. The highest BCUT2D eigenvalue weighted by molar-refractivity contribution is 7.13. The molecule has 4 rings (SSSR count). The van der Waals surface area contributed by atoms with E-state index >= 15 is 0 Å². The lowest BCUT2D eigenvalue weighted by atomic mass is 9.81. The first kappa shape index (κ1) is 23.8. The lowest BCUT2D eigenvalue weighted by Crippen LogP contribution is -2.45. The third kappa shape index (κ3) is 5.43. The number of nitrogens with one attached hydrogen (secondary N) is 2. The number of nitrogens with two attached hydrogens (primary N) is 1. The van der Waals surface area contributed by atoms with Crippen molar-refractivity contribution < 1.29 is 18.0 Å². The van der Waals surface area contributed by atoms with Gasteiger partial charge in [0.2, 0.25) is 5.91 Å². The van der Waals surface area contributed by atoms with Crippen LogP contribution >= 0.6 is 11.3 Å². The van der Waals surface area contributed by atoms with Gasteiger partial charge in [-0.25, -0.2) is 4.98 Å². The minimum atomic E-state index is -4.39. The van der Waals surface area contributed by atoms with Gasteiger partial charge < -0.3 is 16.4 Å². The fourth-order valence-corrected chi connectivity index (χ4v) is 5.63. The highest BCUT2D eigenvalue weighted by Crippen LogP contribution is 2.44. The first-order valence-electron chi connectivity index (χ1n) is 11.4. The van der Waals surface area contributed by atoms with Gasteiger partial charge in [0.15, 0.2) is 5.13 Å². The average molecular weight is 482 g/mol. The van der Waals surface area contributed by atoms with Crippen LogP contribution in [0.2, 0.25) is 0 Å². The zero-order valence-corrected chi connectivity index (χ0v) is 19.3. The lowest BCUT2D eigenvalue weighted by Gasteiger charge is -2.31. The van der Waals surface area contributed by atoms with E-state index in [1.165, 1.54) is 17.5 Å². The predicted octanol–water partition coefficient (Wildman–Crippen LogP) is 3.65. The number of anilines is 1. The van der Waals surface area contributed by atoms with Gasteiger partial charge in [-0.1, -0.05) is 12.2 Å². The van der Waals surface area contributed by atoms with Gasteiger partial charge in [-0.2, -0.15) is 13.2 Å². The Morgan fingerprint density at radius 2 is 2.21 bits per heavy atom. The summed E-state index contributed by atoms with van der Waals surface area (Å²) in [7, 11) is 0. The Labute approximate surface area is 195 Å². The maximum absolute atomic E-state index is 13.5. The highest BCUT2D eigenvalue weighted by atomic mass is 32.1. The van der Waals surface area contributed by atoms with Crippen molar-refractivity contribution >= 4 is 22.4 Å². The molecule has 0 saturated heterocycles. The molecule has 1 amide bonds. The van der Waals surface area contributed by atoms with Crippen LogP contribution in [0.15, 0.2) is 41.0 Å². The number of allylic oxidation sites excluding steroid dienone is 1. The average Bonchev–Trinajstić information content (AvgIpc) is 3.39. The van der Waals surface area contributed by atoms with Gasteiger partial charge in [-0.3, -0.25) is 9.69 Å². The molecule has 1 fully saturated rings. The van der Waals surface area contributed by atoms with E-state index in [1.54, 1.807) is 0 Å². The number of dihydropyridines is 1. The van der Waals surface area contributed by atoms with Gasteiger partial charge in [0, 0.05) is 37.3 Å². The minimum Gasteiger partial charge on any atom is -0.387 e. The molecule has 180 valence electrons. The van der Waals surface area contributed by atoms with E-state index in [0.717, 1.165) is 44.8 Å². The summed E-state index contributed by atoms with van der Waals surface area (Å²) in [6.07, 6.45) is 8.16. The highest BCUT2D eigenvalue weighted by Gasteiger charge is 2.49. The van der Waals surface area contributed by atoms with E-state index in [0.29, 0.717) is 29.2 Å². The summed E-state index contributed by atoms with van der Waals surface area (Å²) in [5.41, 5.74) is 5.46. The second-order valence-electron chi connectivity index (χ2n) is 8.96. The number of carbonyl (C=O) groups is 1. The molecule has 0 aromatic carbocycles.